The molecule has 0 unspecified atom stereocenters. The van der Waals surface area contributed by atoms with Crippen LogP contribution in [0.1, 0.15) is 47.5 Å². The topological polar surface area (TPSA) is 64.3 Å². The lowest BCUT2D eigenvalue weighted by Gasteiger charge is -2.11. The average molecular weight is 334 g/mol. The number of hydrogen-bond donors (Lipinski definition) is 0. The number of fused-ring (bicyclic) bond motifs is 2. The Balaban J connectivity index is 1.71. The van der Waals surface area contributed by atoms with E-state index in [-0.39, 0.29) is 34.4 Å². The molecule has 0 bridgehead atoms. The summed E-state index contributed by atoms with van der Waals surface area (Å²) in [5, 5.41) is 1.91. The van der Waals surface area contributed by atoms with E-state index in [0.717, 1.165) is 4.88 Å². The minimum Gasteiger partial charge on any atom is -0.448 e. The van der Waals surface area contributed by atoms with Crippen LogP contribution in [0, 0.1) is 0 Å². The molecule has 0 saturated heterocycles. The van der Waals surface area contributed by atoms with Crippen LogP contribution in [-0.2, 0) is 0 Å². The van der Waals surface area contributed by atoms with Gasteiger partial charge in [0.25, 0.3) is 0 Å². The second-order valence-corrected chi connectivity index (χ2v) is 6.25. The highest BCUT2D eigenvalue weighted by atomic mass is 32.1. The highest BCUT2D eigenvalue weighted by Gasteiger charge is 2.34. The maximum atomic E-state index is 12.5. The third kappa shape index (κ3) is 2.26. The molecule has 4 rings (SSSR count). The Morgan fingerprint density at radius 2 is 1.71 bits per heavy atom. The quantitative estimate of drug-likeness (QED) is 0.419. The number of hydrogen-bond acceptors (Lipinski definition) is 5. The predicted molar refractivity (Wildman–Crippen MR) is 89.7 cm³/mol. The fraction of sp³-hybridized carbons (Fsp3) is 0. The van der Waals surface area contributed by atoms with Gasteiger partial charge in [0.15, 0.2) is 17.3 Å². The number of carbonyl (C=O) groups excluding carboxylic acids is 3. The molecule has 1 aliphatic carbocycles. The largest absolute Gasteiger partial charge is 0.448 e. The third-order valence-electron chi connectivity index (χ3n) is 3.78. The Morgan fingerprint density at radius 3 is 2.42 bits per heavy atom. The summed E-state index contributed by atoms with van der Waals surface area (Å²) in [6.45, 7) is 0. The molecule has 0 N–H and O–H groups in total. The monoisotopic (exact) mass is 334 g/mol. The van der Waals surface area contributed by atoms with Crippen molar-refractivity contribution in [3.63, 3.8) is 0 Å². The number of allylic oxidation sites excluding steroid dienone is 1. The van der Waals surface area contributed by atoms with Crippen LogP contribution < -0.4 is 0 Å². The number of carbonyl (C=O) groups is 3. The highest BCUT2D eigenvalue weighted by Crippen LogP contribution is 2.29. The summed E-state index contributed by atoms with van der Waals surface area (Å²) in [4.78, 5) is 38.1. The second-order valence-electron chi connectivity index (χ2n) is 5.27. The van der Waals surface area contributed by atoms with Crippen molar-refractivity contribution in [2.45, 2.75) is 0 Å². The van der Waals surface area contributed by atoms with E-state index in [2.05, 4.69) is 0 Å². The minimum atomic E-state index is -0.387. The molecule has 116 valence electrons. The first-order valence-corrected chi connectivity index (χ1v) is 8.11. The van der Waals surface area contributed by atoms with Gasteiger partial charge in [-0.3, -0.25) is 14.4 Å². The zero-order valence-electron chi connectivity index (χ0n) is 12.3. The Hall–Kier alpha value is -3.05. The van der Waals surface area contributed by atoms with Crippen LogP contribution in [0.5, 0.6) is 0 Å². The first-order chi connectivity index (χ1) is 11.6. The maximum absolute atomic E-state index is 12.5. The maximum Gasteiger partial charge on any atom is 0.229 e. The minimum absolute atomic E-state index is 0.0117. The molecule has 0 aliphatic heterocycles. The summed E-state index contributed by atoms with van der Waals surface area (Å²) in [5.74, 6) is -1.14. The van der Waals surface area contributed by atoms with Crippen molar-refractivity contribution in [2.75, 3.05) is 0 Å². The van der Waals surface area contributed by atoms with E-state index in [4.69, 9.17) is 4.42 Å². The van der Waals surface area contributed by atoms with Crippen LogP contribution in [-0.4, -0.2) is 17.3 Å². The molecule has 0 fully saturated rings. The molecule has 2 aromatic heterocycles. The molecule has 4 nitrogen and oxygen atoms in total. The summed E-state index contributed by atoms with van der Waals surface area (Å²) in [7, 11) is 0. The van der Waals surface area contributed by atoms with E-state index in [1.54, 1.807) is 30.3 Å². The van der Waals surface area contributed by atoms with Crippen molar-refractivity contribution >= 4 is 34.8 Å². The molecule has 3 aromatic rings. The fourth-order valence-electron chi connectivity index (χ4n) is 2.62. The Morgan fingerprint density at radius 1 is 0.958 bits per heavy atom. The van der Waals surface area contributed by atoms with E-state index < -0.39 is 0 Å². The molecule has 1 aliphatic rings. The van der Waals surface area contributed by atoms with Gasteiger partial charge in [0.05, 0.1) is 5.56 Å². The van der Waals surface area contributed by atoms with Crippen LogP contribution in [0.3, 0.4) is 0 Å². The molecule has 24 heavy (non-hydrogen) atoms. The van der Waals surface area contributed by atoms with Gasteiger partial charge in [-0.15, -0.1) is 11.3 Å². The summed E-state index contributed by atoms with van der Waals surface area (Å²) in [5.41, 5.74) is 0.785. The van der Waals surface area contributed by atoms with Gasteiger partial charge in [-0.1, -0.05) is 30.3 Å². The second kappa shape index (κ2) is 5.54. The Bertz CT molecular complexity index is 953. The van der Waals surface area contributed by atoms with Gasteiger partial charge in [-0.05, 0) is 29.7 Å². The average Bonchev–Trinajstić information content (AvgIpc) is 3.27. The summed E-state index contributed by atoms with van der Waals surface area (Å²) in [6, 6.07) is 11.7. The molecule has 5 heteroatoms. The van der Waals surface area contributed by atoms with Gasteiger partial charge in [-0.2, -0.15) is 0 Å². The van der Waals surface area contributed by atoms with E-state index in [1.807, 2.05) is 17.5 Å². The van der Waals surface area contributed by atoms with Crippen LogP contribution in [0.15, 0.2) is 58.3 Å². The highest BCUT2D eigenvalue weighted by molar-refractivity contribution is 7.10. The number of rotatable bonds is 3. The first kappa shape index (κ1) is 14.5. The van der Waals surface area contributed by atoms with Gasteiger partial charge in [0.2, 0.25) is 11.6 Å². The van der Waals surface area contributed by atoms with Gasteiger partial charge in [-0.25, -0.2) is 0 Å². The summed E-state index contributed by atoms with van der Waals surface area (Å²) in [6.07, 6.45) is 3.05. The van der Waals surface area contributed by atoms with Gasteiger partial charge in [0.1, 0.15) is 0 Å². The smallest absolute Gasteiger partial charge is 0.229 e. The van der Waals surface area contributed by atoms with Crippen molar-refractivity contribution in [2.24, 2.45) is 0 Å². The predicted octanol–water partition coefficient (Wildman–Crippen LogP) is 4.01. The third-order valence-corrected chi connectivity index (χ3v) is 4.62. The molecule has 0 atom stereocenters. The van der Waals surface area contributed by atoms with Crippen molar-refractivity contribution in [1.29, 1.82) is 0 Å². The fourth-order valence-corrected chi connectivity index (χ4v) is 3.24. The van der Waals surface area contributed by atoms with Gasteiger partial charge < -0.3 is 4.42 Å². The normalized spacial score (nSPS) is 13.2. The molecular weight excluding hydrogens is 324 g/mol. The Kier molecular flexibility index (Phi) is 3.36. The van der Waals surface area contributed by atoms with Crippen molar-refractivity contribution in [3.8, 4) is 0 Å². The molecule has 1 aromatic carbocycles. The van der Waals surface area contributed by atoms with E-state index >= 15 is 0 Å². The van der Waals surface area contributed by atoms with Crippen molar-refractivity contribution < 1.29 is 18.8 Å². The van der Waals surface area contributed by atoms with Gasteiger partial charge >= 0.3 is 0 Å². The van der Waals surface area contributed by atoms with E-state index in [1.165, 1.54) is 23.5 Å². The standard InChI is InChI=1S/C19H10O4S/c20-15(8-7-11-4-3-9-24-11)16-10-14-17(21)12-5-1-2-6-13(12)18(22)19(14)23-16/h1-10H/b8-7+. The van der Waals surface area contributed by atoms with Gasteiger partial charge in [0, 0.05) is 16.0 Å². The van der Waals surface area contributed by atoms with Crippen molar-refractivity contribution in [3.05, 3.63) is 87.0 Å². The number of ketones is 3. The number of furan rings is 1. The zero-order chi connectivity index (χ0) is 16.7. The molecule has 0 saturated carbocycles. The molecule has 2 heterocycles. The lowest BCUT2D eigenvalue weighted by molar-refractivity contribution is 0.0952. The number of benzene rings is 1. The molecular formula is C19H10O4S. The summed E-state index contributed by atoms with van der Waals surface area (Å²) >= 11 is 1.50. The number of thiophene rings is 1. The van der Waals surface area contributed by atoms with E-state index in [9.17, 15) is 14.4 Å². The Labute approximate surface area is 141 Å². The molecule has 0 spiro atoms. The zero-order valence-corrected chi connectivity index (χ0v) is 13.1. The van der Waals surface area contributed by atoms with Crippen LogP contribution >= 0.6 is 11.3 Å². The summed E-state index contributed by atoms with van der Waals surface area (Å²) < 4.78 is 5.41. The van der Waals surface area contributed by atoms with Crippen LogP contribution in [0.25, 0.3) is 6.08 Å². The van der Waals surface area contributed by atoms with Crippen LogP contribution in [0.4, 0.5) is 0 Å². The van der Waals surface area contributed by atoms with Crippen LogP contribution in [0.2, 0.25) is 0 Å². The lowest BCUT2D eigenvalue weighted by Crippen LogP contribution is -2.18. The van der Waals surface area contributed by atoms with E-state index in [0.29, 0.717) is 11.1 Å². The lowest BCUT2D eigenvalue weighted by atomic mass is 9.88. The molecule has 0 amide bonds. The SMILES string of the molecule is O=C(/C=C/c1cccs1)c1cc2c(o1)C(=O)c1ccccc1C2=O. The van der Waals surface area contributed by atoms with Crippen molar-refractivity contribution in [1.82, 2.24) is 0 Å². The first-order valence-electron chi connectivity index (χ1n) is 7.23. The molecule has 0 radical (unpaired) electrons.